The van der Waals surface area contributed by atoms with Crippen LogP contribution in [0, 0.1) is 0 Å². The Labute approximate surface area is 162 Å². The molecule has 2 aliphatic heterocycles. The topological polar surface area (TPSA) is 105 Å². The quantitative estimate of drug-likeness (QED) is 0.673. The number of imidazole rings is 1. The molecule has 0 bridgehead atoms. The van der Waals surface area contributed by atoms with Crippen molar-refractivity contribution in [3.63, 3.8) is 0 Å². The molecule has 3 heterocycles. The lowest BCUT2D eigenvalue weighted by Crippen LogP contribution is -2.51. The van der Waals surface area contributed by atoms with Crippen LogP contribution in [0.3, 0.4) is 0 Å². The van der Waals surface area contributed by atoms with Gasteiger partial charge in [-0.3, -0.25) is 19.4 Å². The van der Waals surface area contributed by atoms with Crippen LogP contribution >= 0.6 is 0 Å². The third kappa shape index (κ3) is 4.42. The summed E-state index contributed by atoms with van der Waals surface area (Å²) in [6, 6.07) is 5.28. The van der Waals surface area contributed by atoms with E-state index < -0.39 is 0 Å². The summed E-state index contributed by atoms with van der Waals surface area (Å²) < 4.78 is 0. The second-order valence-corrected chi connectivity index (χ2v) is 7.53. The predicted molar refractivity (Wildman–Crippen MR) is 106 cm³/mol. The van der Waals surface area contributed by atoms with E-state index in [1.54, 1.807) is 18.2 Å². The maximum absolute atomic E-state index is 12.3. The van der Waals surface area contributed by atoms with Crippen LogP contribution in [0.1, 0.15) is 12.8 Å². The molecule has 150 valence electrons. The van der Waals surface area contributed by atoms with E-state index in [0.29, 0.717) is 29.8 Å². The number of nitrogens with zero attached hydrogens (tertiary/aromatic N) is 3. The van der Waals surface area contributed by atoms with Gasteiger partial charge in [0, 0.05) is 45.0 Å². The van der Waals surface area contributed by atoms with Crippen LogP contribution in [0.2, 0.25) is 0 Å². The average molecular weight is 386 g/mol. The van der Waals surface area contributed by atoms with E-state index in [-0.39, 0.29) is 17.5 Å². The highest BCUT2D eigenvalue weighted by atomic mass is 16.2. The van der Waals surface area contributed by atoms with Crippen LogP contribution in [0.15, 0.2) is 23.0 Å². The molecule has 0 unspecified atom stereocenters. The van der Waals surface area contributed by atoms with Crippen molar-refractivity contribution in [2.75, 3.05) is 57.7 Å². The summed E-state index contributed by atoms with van der Waals surface area (Å²) in [5, 5.41) is 2.88. The number of anilines is 1. The molecule has 2 aliphatic rings. The molecule has 28 heavy (non-hydrogen) atoms. The minimum Gasteiger partial charge on any atom is -0.342 e. The van der Waals surface area contributed by atoms with Crippen molar-refractivity contribution in [3.05, 3.63) is 28.7 Å². The Hall–Kier alpha value is -2.65. The molecule has 9 heteroatoms. The Balaban J connectivity index is 1.23. The zero-order chi connectivity index (χ0) is 19.5. The van der Waals surface area contributed by atoms with Gasteiger partial charge < -0.3 is 20.2 Å². The Morgan fingerprint density at radius 1 is 0.893 bits per heavy atom. The SMILES string of the molecule is O=C(CN1CCN(CC(=O)N2CCCC2)CC1)Nc1ccc2[nH]c(=O)[nH]c2c1. The number of rotatable bonds is 5. The lowest BCUT2D eigenvalue weighted by molar-refractivity contribution is -0.132. The first kappa shape index (κ1) is 18.7. The predicted octanol–water partition coefficient (Wildman–Crippen LogP) is 0.0347. The standard InChI is InChI=1S/C19H26N6O3/c26-17(20-14-3-4-15-16(11-14)22-19(28)21-15)12-23-7-9-24(10-8-23)13-18(27)25-5-1-2-6-25/h3-4,11H,1-2,5-10,12-13H2,(H,20,26)(H2,21,22,28). The number of amides is 2. The number of nitrogens with one attached hydrogen (secondary N) is 3. The van der Waals surface area contributed by atoms with Crippen molar-refractivity contribution in [3.8, 4) is 0 Å². The fourth-order valence-electron chi connectivity index (χ4n) is 3.88. The van der Waals surface area contributed by atoms with Gasteiger partial charge in [0.2, 0.25) is 11.8 Å². The van der Waals surface area contributed by atoms with E-state index in [2.05, 4.69) is 25.1 Å². The lowest BCUT2D eigenvalue weighted by atomic mass is 10.2. The summed E-state index contributed by atoms with van der Waals surface area (Å²) in [5.41, 5.74) is 1.77. The monoisotopic (exact) mass is 386 g/mol. The summed E-state index contributed by atoms with van der Waals surface area (Å²) in [6.45, 7) is 5.70. The first-order chi connectivity index (χ1) is 13.6. The molecule has 0 aliphatic carbocycles. The highest BCUT2D eigenvalue weighted by Gasteiger charge is 2.24. The van der Waals surface area contributed by atoms with E-state index in [1.807, 2.05) is 4.90 Å². The van der Waals surface area contributed by atoms with Crippen molar-refractivity contribution in [1.82, 2.24) is 24.7 Å². The normalized spacial score (nSPS) is 18.6. The largest absolute Gasteiger partial charge is 0.342 e. The van der Waals surface area contributed by atoms with Gasteiger partial charge in [-0.25, -0.2) is 4.79 Å². The molecule has 0 radical (unpaired) electrons. The number of aromatic nitrogens is 2. The summed E-state index contributed by atoms with van der Waals surface area (Å²) in [6.07, 6.45) is 2.23. The molecule has 9 nitrogen and oxygen atoms in total. The number of benzene rings is 1. The van der Waals surface area contributed by atoms with E-state index in [9.17, 15) is 14.4 Å². The van der Waals surface area contributed by atoms with Gasteiger partial charge in [-0.1, -0.05) is 0 Å². The van der Waals surface area contributed by atoms with Crippen LogP contribution in [-0.4, -0.2) is 88.8 Å². The number of carbonyl (C=O) groups excluding carboxylic acids is 2. The first-order valence-electron chi connectivity index (χ1n) is 9.81. The Kier molecular flexibility index (Phi) is 5.45. The molecule has 2 saturated heterocycles. The number of hydrogen-bond donors (Lipinski definition) is 3. The zero-order valence-corrected chi connectivity index (χ0v) is 15.9. The van der Waals surface area contributed by atoms with Crippen LogP contribution in [0.25, 0.3) is 11.0 Å². The van der Waals surface area contributed by atoms with Gasteiger partial charge in [0.15, 0.2) is 0 Å². The van der Waals surface area contributed by atoms with E-state index in [0.717, 1.165) is 52.1 Å². The summed E-state index contributed by atoms with van der Waals surface area (Å²) in [5.74, 6) is 0.140. The number of carbonyl (C=O) groups is 2. The summed E-state index contributed by atoms with van der Waals surface area (Å²) in [7, 11) is 0. The van der Waals surface area contributed by atoms with Gasteiger partial charge in [-0.05, 0) is 31.0 Å². The Morgan fingerprint density at radius 3 is 2.25 bits per heavy atom. The Bertz CT molecular complexity index is 906. The fraction of sp³-hybridized carbons (Fsp3) is 0.526. The minimum atomic E-state index is -0.264. The second-order valence-electron chi connectivity index (χ2n) is 7.53. The molecule has 0 spiro atoms. The van der Waals surface area contributed by atoms with Crippen molar-refractivity contribution >= 4 is 28.5 Å². The number of likely N-dealkylation sites (tertiary alicyclic amines) is 1. The van der Waals surface area contributed by atoms with Crippen molar-refractivity contribution < 1.29 is 9.59 Å². The van der Waals surface area contributed by atoms with Gasteiger partial charge >= 0.3 is 5.69 Å². The molecule has 1 aromatic carbocycles. The molecule has 0 atom stereocenters. The molecule has 4 rings (SSSR count). The van der Waals surface area contributed by atoms with Gasteiger partial charge in [0.05, 0.1) is 24.1 Å². The smallest absolute Gasteiger partial charge is 0.323 e. The molecule has 0 saturated carbocycles. The average Bonchev–Trinajstić information content (AvgIpc) is 3.32. The third-order valence-corrected chi connectivity index (χ3v) is 5.45. The van der Waals surface area contributed by atoms with Crippen molar-refractivity contribution in [2.45, 2.75) is 12.8 Å². The zero-order valence-electron chi connectivity index (χ0n) is 15.9. The maximum atomic E-state index is 12.3. The van der Waals surface area contributed by atoms with Crippen molar-refractivity contribution in [2.24, 2.45) is 0 Å². The molecule has 1 aromatic heterocycles. The van der Waals surface area contributed by atoms with Crippen LogP contribution < -0.4 is 11.0 Å². The first-order valence-corrected chi connectivity index (χ1v) is 9.81. The molecule has 3 N–H and O–H groups in total. The summed E-state index contributed by atoms with van der Waals surface area (Å²) >= 11 is 0. The van der Waals surface area contributed by atoms with Gasteiger partial charge in [-0.15, -0.1) is 0 Å². The highest BCUT2D eigenvalue weighted by molar-refractivity contribution is 5.94. The molecular formula is C19H26N6O3. The van der Waals surface area contributed by atoms with Crippen molar-refractivity contribution in [1.29, 1.82) is 0 Å². The number of hydrogen-bond acceptors (Lipinski definition) is 5. The molecule has 2 amide bonds. The maximum Gasteiger partial charge on any atom is 0.323 e. The van der Waals surface area contributed by atoms with Gasteiger partial charge in [-0.2, -0.15) is 0 Å². The number of H-pyrrole nitrogens is 2. The molecule has 2 aromatic rings. The van der Waals surface area contributed by atoms with Gasteiger partial charge in [0.25, 0.3) is 0 Å². The lowest BCUT2D eigenvalue weighted by Gasteiger charge is -2.34. The van der Waals surface area contributed by atoms with E-state index >= 15 is 0 Å². The van der Waals surface area contributed by atoms with Crippen LogP contribution in [-0.2, 0) is 9.59 Å². The summed E-state index contributed by atoms with van der Waals surface area (Å²) in [4.78, 5) is 47.5. The van der Waals surface area contributed by atoms with Crippen LogP contribution in [0.4, 0.5) is 5.69 Å². The molecular weight excluding hydrogens is 360 g/mol. The fourth-order valence-corrected chi connectivity index (χ4v) is 3.88. The van der Waals surface area contributed by atoms with E-state index in [1.165, 1.54) is 0 Å². The second kappa shape index (κ2) is 8.15. The van der Waals surface area contributed by atoms with Gasteiger partial charge in [0.1, 0.15) is 0 Å². The third-order valence-electron chi connectivity index (χ3n) is 5.45. The molecule has 2 fully saturated rings. The number of piperazine rings is 1. The minimum absolute atomic E-state index is 0.0844. The number of fused-ring (bicyclic) bond motifs is 1. The Morgan fingerprint density at radius 2 is 1.54 bits per heavy atom. The number of aromatic amines is 2. The van der Waals surface area contributed by atoms with Crippen LogP contribution in [0.5, 0.6) is 0 Å². The van der Waals surface area contributed by atoms with E-state index in [4.69, 9.17) is 0 Å². The highest BCUT2D eigenvalue weighted by Crippen LogP contribution is 2.15.